The van der Waals surface area contributed by atoms with Gasteiger partial charge in [0.25, 0.3) is 5.91 Å². The Balaban J connectivity index is 1.90. The molecule has 0 N–H and O–H groups in total. The van der Waals surface area contributed by atoms with Gasteiger partial charge < -0.3 is 4.90 Å². The first-order chi connectivity index (χ1) is 9.75. The molecule has 1 aliphatic rings. The van der Waals surface area contributed by atoms with Crippen molar-refractivity contribution < 1.29 is 4.79 Å². The molecule has 1 fully saturated rings. The zero-order chi connectivity index (χ0) is 13.9. The van der Waals surface area contributed by atoms with Crippen LogP contribution in [0.1, 0.15) is 30.1 Å². The molecule has 1 saturated heterocycles. The minimum absolute atomic E-state index is 0.0819. The molecule has 0 saturated carbocycles. The lowest BCUT2D eigenvalue weighted by atomic mass is 10.1. The number of likely N-dealkylation sites (tertiary alicyclic amines) is 1. The Morgan fingerprint density at radius 3 is 2.70 bits per heavy atom. The Labute approximate surface area is 118 Å². The largest absolute Gasteiger partial charge is 0.336 e. The number of hydrogen-bond acceptors (Lipinski definition) is 3. The van der Waals surface area contributed by atoms with Crippen LogP contribution in [0, 0.1) is 0 Å². The van der Waals surface area contributed by atoms with Gasteiger partial charge >= 0.3 is 0 Å². The molecule has 0 radical (unpaired) electrons. The van der Waals surface area contributed by atoms with Crippen molar-refractivity contribution in [1.29, 1.82) is 0 Å². The zero-order valence-electron chi connectivity index (χ0n) is 11.5. The molecule has 0 spiro atoms. The SMILES string of the molecule is C[C@@H]1CCCN1C(=O)c1cncc(-c2ccncc2)c1. The van der Waals surface area contributed by atoms with Gasteiger partial charge in [-0.1, -0.05) is 0 Å². The van der Waals surface area contributed by atoms with Crippen molar-refractivity contribution in [3.05, 3.63) is 48.5 Å². The first-order valence-electron chi connectivity index (χ1n) is 6.92. The van der Waals surface area contributed by atoms with Crippen molar-refractivity contribution in [3.63, 3.8) is 0 Å². The fraction of sp³-hybridized carbons (Fsp3) is 0.312. The summed E-state index contributed by atoms with van der Waals surface area (Å²) < 4.78 is 0. The normalized spacial score (nSPS) is 18.2. The summed E-state index contributed by atoms with van der Waals surface area (Å²) in [6, 6.07) is 6.08. The van der Waals surface area contributed by atoms with Crippen LogP contribution in [0.25, 0.3) is 11.1 Å². The highest BCUT2D eigenvalue weighted by Gasteiger charge is 2.26. The summed E-state index contributed by atoms with van der Waals surface area (Å²) in [7, 11) is 0. The topological polar surface area (TPSA) is 46.1 Å². The average Bonchev–Trinajstić information content (AvgIpc) is 2.94. The summed E-state index contributed by atoms with van der Waals surface area (Å²) in [6.45, 7) is 2.95. The number of carbonyl (C=O) groups excluding carboxylic acids is 1. The van der Waals surface area contributed by atoms with Gasteiger partial charge in [-0.05, 0) is 43.5 Å². The summed E-state index contributed by atoms with van der Waals surface area (Å²) in [5.41, 5.74) is 2.63. The molecular weight excluding hydrogens is 250 g/mol. The third-order valence-electron chi connectivity index (χ3n) is 3.81. The maximum atomic E-state index is 12.5. The minimum Gasteiger partial charge on any atom is -0.336 e. The molecule has 2 aromatic rings. The van der Waals surface area contributed by atoms with Crippen LogP contribution in [0.4, 0.5) is 0 Å². The van der Waals surface area contributed by atoms with Gasteiger partial charge in [-0.25, -0.2) is 0 Å². The fourth-order valence-electron chi connectivity index (χ4n) is 2.66. The van der Waals surface area contributed by atoms with E-state index in [1.807, 2.05) is 23.1 Å². The highest BCUT2D eigenvalue weighted by atomic mass is 16.2. The van der Waals surface area contributed by atoms with Crippen molar-refractivity contribution in [2.75, 3.05) is 6.54 Å². The first kappa shape index (κ1) is 12.8. The Morgan fingerprint density at radius 1 is 1.20 bits per heavy atom. The van der Waals surface area contributed by atoms with Crippen LogP contribution in [0.15, 0.2) is 43.0 Å². The molecule has 1 amide bonds. The van der Waals surface area contributed by atoms with E-state index in [-0.39, 0.29) is 5.91 Å². The van der Waals surface area contributed by atoms with Gasteiger partial charge in [0.1, 0.15) is 0 Å². The Hall–Kier alpha value is -2.23. The molecule has 0 aromatic carbocycles. The molecular formula is C16H17N3O. The monoisotopic (exact) mass is 267 g/mol. The van der Waals surface area contributed by atoms with Gasteiger partial charge in [-0.3, -0.25) is 14.8 Å². The van der Waals surface area contributed by atoms with Gasteiger partial charge in [0.2, 0.25) is 0 Å². The van der Waals surface area contributed by atoms with E-state index in [2.05, 4.69) is 16.9 Å². The number of amides is 1. The summed E-state index contributed by atoms with van der Waals surface area (Å²) in [5, 5.41) is 0. The molecule has 3 heterocycles. The first-order valence-corrected chi connectivity index (χ1v) is 6.92. The summed E-state index contributed by atoms with van der Waals surface area (Å²) >= 11 is 0. The average molecular weight is 267 g/mol. The van der Waals surface area contributed by atoms with E-state index in [0.717, 1.165) is 30.5 Å². The highest BCUT2D eigenvalue weighted by Crippen LogP contribution is 2.22. The summed E-state index contributed by atoms with van der Waals surface area (Å²) in [6.07, 6.45) is 9.09. The van der Waals surface area contributed by atoms with Crippen molar-refractivity contribution >= 4 is 5.91 Å². The molecule has 2 aromatic heterocycles. The maximum absolute atomic E-state index is 12.5. The minimum atomic E-state index is 0.0819. The number of nitrogens with zero attached hydrogens (tertiary/aromatic N) is 3. The molecule has 20 heavy (non-hydrogen) atoms. The third kappa shape index (κ3) is 2.41. The number of aromatic nitrogens is 2. The second-order valence-electron chi connectivity index (χ2n) is 5.19. The standard InChI is InChI=1S/C16H17N3O/c1-12-3-2-8-19(12)16(20)15-9-14(10-18-11-15)13-4-6-17-7-5-13/h4-7,9-12H,2-3,8H2,1H3/t12-/m1/s1. The predicted molar refractivity (Wildman–Crippen MR) is 77.2 cm³/mol. The lowest BCUT2D eigenvalue weighted by Gasteiger charge is -2.21. The van der Waals surface area contributed by atoms with E-state index in [0.29, 0.717) is 11.6 Å². The molecule has 4 nitrogen and oxygen atoms in total. The molecule has 3 rings (SSSR count). The Morgan fingerprint density at radius 2 is 2.00 bits per heavy atom. The molecule has 1 atom stereocenters. The predicted octanol–water partition coefficient (Wildman–Crippen LogP) is 2.77. The van der Waals surface area contributed by atoms with Crippen LogP contribution < -0.4 is 0 Å². The van der Waals surface area contributed by atoms with Gasteiger partial charge in [0.15, 0.2) is 0 Å². The smallest absolute Gasteiger partial charge is 0.255 e. The van der Waals surface area contributed by atoms with Crippen LogP contribution in [-0.2, 0) is 0 Å². The van der Waals surface area contributed by atoms with Crippen molar-refractivity contribution in [2.24, 2.45) is 0 Å². The van der Waals surface area contributed by atoms with E-state index < -0.39 is 0 Å². The maximum Gasteiger partial charge on any atom is 0.255 e. The van der Waals surface area contributed by atoms with Crippen molar-refractivity contribution in [3.8, 4) is 11.1 Å². The second-order valence-corrected chi connectivity index (χ2v) is 5.19. The zero-order valence-corrected chi connectivity index (χ0v) is 11.5. The molecule has 0 aliphatic carbocycles. The number of carbonyl (C=O) groups is 1. The Bertz CT molecular complexity index is 612. The Kier molecular flexibility index (Phi) is 3.46. The van der Waals surface area contributed by atoms with E-state index in [9.17, 15) is 4.79 Å². The van der Waals surface area contributed by atoms with Gasteiger partial charge in [0, 0.05) is 42.9 Å². The second kappa shape index (κ2) is 5.41. The van der Waals surface area contributed by atoms with Crippen LogP contribution >= 0.6 is 0 Å². The summed E-state index contributed by atoms with van der Waals surface area (Å²) in [4.78, 5) is 22.7. The molecule has 1 aliphatic heterocycles. The fourth-order valence-corrected chi connectivity index (χ4v) is 2.66. The van der Waals surface area contributed by atoms with E-state index in [1.54, 1.807) is 24.8 Å². The third-order valence-corrected chi connectivity index (χ3v) is 3.81. The number of rotatable bonds is 2. The number of hydrogen-bond donors (Lipinski definition) is 0. The quantitative estimate of drug-likeness (QED) is 0.840. The van der Waals surface area contributed by atoms with Crippen molar-refractivity contribution in [1.82, 2.24) is 14.9 Å². The lowest BCUT2D eigenvalue weighted by Crippen LogP contribution is -2.33. The van der Waals surface area contributed by atoms with E-state index >= 15 is 0 Å². The van der Waals surface area contributed by atoms with Gasteiger partial charge in [-0.15, -0.1) is 0 Å². The van der Waals surface area contributed by atoms with Crippen LogP contribution in [0.3, 0.4) is 0 Å². The van der Waals surface area contributed by atoms with Gasteiger partial charge in [-0.2, -0.15) is 0 Å². The molecule has 102 valence electrons. The van der Waals surface area contributed by atoms with Gasteiger partial charge in [0.05, 0.1) is 5.56 Å². The highest BCUT2D eigenvalue weighted by molar-refractivity contribution is 5.95. The number of pyridine rings is 2. The molecule has 0 unspecified atom stereocenters. The van der Waals surface area contributed by atoms with Crippen LogP contribution in [0.5, 0.6) is 0 Å². The lowest BCUT2D eigenvalue weighted by molar-refractivity contribution is 0.0747. The molecule has 4 heteroatoms. The van der Waals surface area contributed by atoms with Crippen LogP contribution in [0.2, 0.25) is 0 Å². The van der Waals surface area contributed by atoms with E-state index in [4.69, 9.17) is 0 Å². The van der Waals surface area contributed by atoms with Crippen LogP contribution in [-0.4, -0.2) is 33.4 Å². The van der Waals surface area contributed by atoms with E-state index in [1.165, 1.54) is 0 Å². The molecule has 0 bridgehead atoms. The van der Waals surface area contributed by atoms with Crippen molar-refractivity contribution in [2.45, 2.75) is 25.8 Å². The summed E-state index contributed by atoms with van der Waals surface area (Å²) in [5.74, 6) is 0.0819.